The van der Waals surface area contributed by atoms with Crippen molar-refractivity contribution in [3.05, 3.63) is 93.8 Å². The van der Waals surface area contributed by atoms with Crippen LogP contribution in [-0.2, 0) is 16.1 Å². The molecular weight excluding hydrogens is 448 g/mol. The molecule has 1 atom stereocenters. The van der Waals surface area contributed by atoms with Gasteiger partial charge in [-0.2, -0.15) is 5.10 Å². The molecule has 178 valence electrons. The van der Waals surface area contributed by atoms with Crippen molar-refractivity contribution in [1.29, 1.82) is 0 Å². The summed E-state index contributed by atoms with van der Waals surface area (Å²) < 4.78 is 7.40. The number of carbonyl (C=O) groups is 1. The number of hydrogen-bond acceptors (Lipinski definition) is 4. The minimum atomic E-state index is -0.125. The zero-order chi connectivity index (χ0) is 23.9. The molecule has 1 unspecified atom stereocenters. The van der Waals surface area contributed by atoms with Crippen molar-refractivity contribution in [2.24, 2.45) is 0 Å². The summed E-state index contributed by atoms with van der Waals surface area (Å²) >= 11 is 6.33. The molecule has 6 nitrogen and oxygen atoms in total. The van der Waals surface area contributed by atoms with Crippen molar-refractivity contribution in [2.75, 3.05) is 32.8 Å². The van der Waals surface area contributed by atoms with Gasteiger partial charge in [-0.15, -0.1) is 0 Å². The van der Waals surface area contributed by atoms with Gasteiger partial charge >= 0.3 is 0 Å². The molecule has 3 aromatic rings. The molecule has 1 aliphatic rings. The molecule has 2 aromatic carbocycles. The second-order valence-electron chi connectivity index (χ2n) is 8.55. The van der Waals surface area contributed by atoms with Crippen LogP contribution in [0.5, 0.6) is 0 Å². The minimum Gasteiger partial charge on any atom is -0.379 e. The molecule has 7 heteroatoms. The summed E-state index contributed by atoms with van der Waals surface area (Å²) in [6.45, 7) is 8.51. The number of benzene rings is 2. The van der Waals surface area contributed by atoms with E-state index in [4.69, 9.17) is 16.3 Å². The van der Waals surface area contributed by atoms with E-state index in [2.05, 4.69) is 27.4 Å². The standard InChI is InChI=1S/C27H31ClN4O2/c1-20-24(21(2)32(30-20)18-23-10-6-7-11-25(23)28)12-13-27(33)29-26(22-8-4-3-5-9-22)19-31-14-16-34-17-15-31/h3-13,26H,14-19H2,1-2H3,(H,29,33)/b13-12+. The Morgan fingerprint density at radius 2 is 1.82 bits per heavy atom. The van der Waals surface area contributed by atoms with Gasteiger partial charge in [-0.05, 0) is 37.1 Å². The largest absolute Gasteiger partial charge is 0.379 e. The molecule has 0 spiro atoms. The van der Waals surface area contributed by atoms with Gasteiger partial charge in [-0.3, -0.25) is 14.4 Å². The number of rotatable bonds is 8. The Labute approximate surface area is 206 Å². The Balaban J connectivity index is 1.46. The fraction of sp³-hybridized carbons (Fsp3) is 0.333. The topological polar surface area (TPSA) is 59.4 Å². The second kappa shape index (κ2) is 11.5. The number of nitrogens with one attached hydrogen (secondary N) is 1. The average Bonchev–Trinajstić information content (AvgIpc) is 3.12. The van der Waals surface area contributed by atoms with Crippen LogP contribution in [0.2, 0.25) is 5.02 Å². The summed E-state index contributed by atoms with van der Waals surface area (Å²) in [5.74, 6) is -0.125. The van der Waals surface area contributed by atoms with E-state index < -0.39 is 0 Å². The van der Waals surface area contributed by atoms with E-state index in [-0.39, 0.29) is 11.9 Å². The first kappa shape index (κ1) is 24.2. The Bertz CT molecular complexity index is 1140. The van der Waals surface area contributed by atoms with E-state index in [1.54, 1.807) is 6.08 Å². The zero-order valence-electron chi connectivity index (χ0n) is 19.7. The summed E-state index contributed by atoms with van der Waals surface area (Å²) in [5, 5.41) is 8.58. The minimum absolute atomic E-state index is 0.0958. The van der Waals surface area contributed by atoms with E-state index in [9.17, 15) is 4.79 Å². The molecule has 1 amide bonds. The molecule has 1 aliphatic heterocycles. The van der Waals surface area contributed by atoms with Gasteiger partial charge in [-0.25, -0.2) is 0 Å². The Kier molecular flexibility index (Phi) is 8.16. The highest BCUT2D eigenvalue weighted by atomic mass is 35.5. The predicted molar refractivity (Wildman–Crippen MR) is 136 cm³/mol. The third-order valence-electron chi connectivity index (χ3n) is 6.18. The zero-order valence-corrected chi connectivity index (χ0v) is 20.5. The van der Waals surface area contributed by atoms with Crippen LogP contribution in [0.15, 0.2) is 60.7 Å². The second-order valence-corrected chi connectivity index (χ2v) is 8.96. The van der Waals surface area contributed by atoms with Crippen molar-refractivity contribution >= 4 is 23.6 Å². The molecule has 1 fully saturated rings. The number of aryl methyl sites for hydroxylation is 1. The summed E-state index contributed by atoms with van der Waals surface area (Å²) in [5.41, 5.74) is 4.93. The smallest absolute Gasteiger partial charge is 0.244 e. The molecule has 34 heavy (non-hydrogen) atoms. The van der Waals surface area contributed by atoms with Gasteiger partial charge < -0.3 is 10.1 Å². The average molecular weight is 479 g/mol. The molecule has 0 saturated carbocycles. The number of ether oxygens (including phenoxy) is 1. The number of carbonyl (C=O) groups excluding carboxylic acids is 1. The fourth-order valence-electron chi connectivity index (χ4n) is 4.23. The number of halogens is 1. The highest BCUT2D eigenvalue weighted by Crippen LogP contribution is 2.21. The van der Waals surface area contributed by atoms with Crippen molar-refractivity contribution in [3.63, 3.8) is 0 Å². The molecule has 1 saturated heterocycles. The Morgan fingerprint density at radius 1 is 1.12 bits per heavy atom. The highest BCUT2D eigenvalue weighted by Gasteiger charge is 2.19. The van der Waals surface area contributed by atoms with Gasteiger partial charge in [0, 0.05) is 42.0 Å². The van der Waals surface area contributed by atoms with E-state index in [1.807, 2.05) is 67.1 Å². The Morgan fingerprint density at radius 3 is 2.56 bits per heavy atom. The Hall–Kier alpha value is -2.93. The quantitative estimate of drug-likeness (QED) is 0.487. The monoisotopic (exact) mass is 478 g/mol. The van der Waals surface area contributed by atoms with Gasteiger partial charge in [0.2, 0.25) is 5.91 Å². The van der Waals surface area contributed by atoms with Gasteiger partial charge in [0.15, 0.2) is 0 Å². The molecular formula is C27H31ClN4O2. The molecule has 0 aliphatic carbocycles. The van der Waals surface area contributed by atoms with Crippen LogP contribution < -0.4 is 5.32 Å². The van der Waals surface area contributed by atoms with Gasteiger partial charge in [-0.1, -0.05) is 60.1 Å². The first-order valence-corrected chi connectivity index (χ1v) is 12.0. The van der Waals surface area contributed by atoms with Crippen LogP contribution in [0.25, 0.3) is 6.08 Å². The van der Waals surface area contributed by atoms with Crippen LogP contribution in [-0.4, -0.2) is 53.4 Å². The summed E-state index contributed by atoms with van der Waals surface area (Å²) in [7, 11) is 0. The number of hydrogen-bond donors (Lipinski definition) is 1. The lowest BCUT2D eigenvalue weighted by Gasteiger charge is -2.31. The third kappa shape index (κ3) is 6.14. The van der Waals surface area contributed by atoms with Crippen molar-refractivity contribution in [3.8, 4) is 0 Å². The van der Waals surface area contributed by atoms with E-state index in [0.717, 1.165) is 65.9 Å². The van der Waals surface area contributed by atoms with Crippen molar-refractivity contribution in [1.82, 2.24) is 20.0 Å². The van der Waals surface area contributed by atoms with Crippen LogP contribution in [0, 0.1) is 13.8 Å². The lowest BCUT2D eigenvalue weighted by molar-refractivity contribution is -0.117. The molecule has 0 bridgehead atoms. The van der Waals surface area contributed by atoms with Gasteiger partial charge in [0.1, 0.15) is 0 Å². The summed E-state index contributed by atoms with van der Waals surface area (Å²) in [6.07, 6.45) is 3.46. The maximum absolute atomic E-state index is 12.9. The highest BCUT2D eigenvalue weighted by molar-refractivity contribution is 6.31. The maximum Gasteiger partial charge on any atom is 0.244 e. The molecule has 1 aromatic heterocycles. The SMILES string of the molecule is Cc1nn(Cc2ccccc2Cl)c(C)c1/C=C/C(=O)NC(CN1CCOCC1)c1ccccc1. The number of amides is 1. The summed E-state index contributed by atoms with van der Waals surface area (Å²) in [4.78, 5) is 15.3. The molecule has 1 N–H and O–H groups in total. The fourth-order valence-corrected chi connectivity index (χ4v) is 4.43. The molecule has 0 radical (unpaired) electrons. The van der Waals surface area contributed by atoms with Crippen LogP contribution in [0.4, 0.5) is 0 Å². The van der Waals surface area contributed by atoms with Gasteiger partial charge in [0.25, 0.3) is 0 Å². The number of morpholine rings is 1. The normalized spacial score (nSPS) is 15.5. The van der Waals surface area contributed by atoms with Crippen LogP contribution in [0.1, 0.15) is 34.1 Å². The van der Waals surface area contributed by atoms with E-state index in [1.165, 1.54) is 0 Å². The summed E-state index contributed by atoms with van der Waals surface area (Å²) in [6, 6.07) is 17.8. The number of nitrogens with zero attached hydrogens (tertiary/aromatic N) is 3. The maximum atomic E-state index is 12.9. The predicted octanol–water partition coefficient (Wildman–Crippen LogP) is 4.40. The number of aromatic nitrogens is 2. The van der Waals surface area contributed by atoms with Crippen molar-refractivity contribution < 1.29 is 9.53 Å². The first-order valence-electron chi connectivity index (χ1n) is 11.6. The van der Waals surface area contributed by atoms with Crippen LogP contribution >= 0.6 is 11.6 Å². The molecule has 4 rings (SSSR count). The van der Waals surface area contributed by atoms with E-state index in [0.29, 0.717) is 6.54 Å². The van der Waals surface area contributed by atoms with Crippen molar-refractivity contribution in [2.45, 2.75) is 26.4 Å². The molecule has 2 heterocycles. The van der Waals surface area contributed by atoms with Crippen LogP contribution in [0.3, 0.4) is 0 Å². The lowest BCUT2D eigenvalue weighted by Crippen LogP contribution is -2.42. The van der Waals surface area contributed by atoms with E-state index >= 15 is 0 Å². The lowest BCUT2D eigenvalue weighted by atomic mass is 10.1. The van der Waals surface area contributed by atoms with Gasteiger partial charge in [0.05, 0.1) is 31.5 Å². The third-order valence-corrected chi connectivity index (χ3v) is 6.55. The first-order chi connectivity index (χ1) is 16.5.